The Hall–Kier alpha value is -2.55. The molecular formula is C17H21N3O3. The number of hydrogen-bond acceptors (Lipinski definition) is 3. The Morgan fingerprint density at radius 3 is 2.61 bits per heavy atom. The van der Waals surface area contributed by atoms with Crippen LogP contribution >= 0.6 is 0 Å². The lowest BCUT2D eigenvalue weighted by Crippen LogP contribution is -2.49. The number of hydrogen-bond donors (Lipinski definition) is 2. The Bertz CT molecular complexity index is 643. The first kappa shape index (κ1) is 16.8. The first-order chi connectivity index (χ1) is 10.9. The van der Waals surface area contributed by atoms with Crippen molar-refractivity contribution >= 4 is 12.0 Å². The standard InChI is InChI=1S/C17H21N3O3/c1-12(14-5-3-4-13(10-14)11-18)19-16(23)20-8-6-17(2,7-9-20)15(21)22/h3-5,10,12H,6-9H2,1-2H3,(H,19,23)(H,21,22). The van der Waals surface area contributed by atoms with Crippen LogP contribution in [-0.4, -0.2) is 35.1 Å². The molecule has 0 radical (unpaired) electrons. The lowest BCUT2D eigenvalue weighted by atomic mass is 9.80. The number of carbonyl (C=O) groups is 2. The van der Waals surface area contributed by atoms with Crippen LogP contribution in [0.2, 0.25) is 0 Å². The van der Waals surface area contributed by atoms with Crippen LogP contribution < -0.4 is 5.32 Å². The van der Waals surface area contributed by atoms with Crippen LogP contribution in [0, 0.1) is 16.7 Å². The summed E-state index contributed by atoms with van der Waals surface area (Å²) in [6, 6.07) is 8.78. The molecule has 0 aromatic heterocycles. The van der Waals surface area contributed by atoms with Gasteiger partial charge in [-0.1, -0.05) is 12.1 Å². The van der Waals surface area contributed by atoms with Gasteiger partial charge in [-0.2, -0.15) is 5.26 Å². The van der Waals surface area contributed by atoms with Gasteiger partial charge >= 0.3 is 12.0 Å². The monoisotopic (exact) mass is 315 g/mol. The number of piperidine rings is 1. The van der Waals surface area contributed by atoms with Gasteiger partial charge in [-0.15, -0.1) is 0 Å². The Kier molecular flexibility index (Phi) is 4.89. The number of urea groups is 1. The highest BCUT2D eigenvalue weighted by molar-refractivity contribution is 5.77. The van der Waals surface area contributed by atoms with Gasteiger partial charge in [-0.25, -0.2) is 4.79 Å². The highest BCUT2D eigenvalue weighted by Crippen LogP contribution is 2.31. The molecule has 1 aromatic carbocycles. The van der Waals surface area contributed by atoms with Crippen LogP contribution in [-0.2, 0) is 4.79 Å². The fourth-order valence-corrected chi connectivity index (χ4v) is 2.65. The number of amides is 2. The minimum Gasteiger partial charge on any atom is -0.481 e. The molecule has 2 amide bonds. The Morgan fingerprint density at radius 2 is 2.04 bits per heavy atom. The lowest BCUT2D eigenvalue weighted by molar-refractivity contribution is -0.150. The smallest absolute Gasteiger partial charge is 0.317 e. The van der Waals surface area contributed by atoms with Crippen molar-refractivity contribution in [3.63, 3.8) is 0 Å². The molecule has 0 saturated carbocycles. The van der Waals surface area contributed by atoms with Crippen LogP contribution in [0.5, 0.6) is 0 Å². The van der Waals surface area contributed by atoms with Gasteiger partial charge in [0.2, 0.25) is 0 Å². The van der Waals surface area contributed by atoms with E-state index in [0.717, 1.165) is 5.56 Å². The third-order valence-electron chi connectivity index (χ3n) is 4.53. The van der Waals surface area contributed by atoms with Crippen molar-refractivity contribution in [2.45, 2.75) is 32.7 Å². The number of carbonyl (C=O) groups excluding carboxylic acids is 1. The number of nitrogens with one attached hydrogen (secondary N) is 1. The molecule has 1 aliphatic heterocycles. The first-order valence-electron chi connectivity index (χ1n) is 7.64. The van der Waals surface area contributed by atoms with Crippen LogP contribution in [0.1, 0.15) is 43.9 Å². The summed E-state index contributed by atoms with van der Waals surface area (Å²) in [7, 11) is 0. The highest BCUT2D eigenvalue weighted by Gasteiger charge is 2.38. The van der Waals surface area contributed by atoms with Crippen LogP contribution in [0.15, 0.2) is 24.3 Å². The van der Waals surface area contributed by atoms with Crippen molar-refractivity contribution in [1.29, 1.82) is 5.26 Å². The maximum absolute atomic E-state index is 12.3. The maximum atomic E-state index is 12.3. The number of likely N-dealkylation sites (tertiary alicyclic amines) is 1. The summed E-state index contributed by atoms with van der Waals surface area (Å²) in [4.78, 5) is 25.2. The molecule has 23 heavy (non-hydrogen) atoms. The van der Waals surface area contributed by atoms with Gasteiger partial charge in [0.25, 0.3) is 0 Å². The minimum atomic E-state index is -0.806. The summed E-state index contributed by atoms with van der Waals surface area (Å²) in [5, 5.41) is 21.1. The molecule has 1 unspecified atom stereocenters. The average Bonchev–Trinajstić information content (AvgIpc) is 2.55. The van der Waals surface area contributed by atoms with Crippen molar-refractivity contribution < 1.29 is 14.7 Å². The van der Waals surface area contributed by atoms with E-state index in [1.165, 1.54) is 0 Å². The molecule has 2 rings (SSSR count). The predicted molar refractivity (Wildman–Crippen MR) is 84.7 cm³/mol. The summed E-state index contributed by atoms with van der Waals surface area (Å²) in [5.41, 5.74) is 0.673. The summed E-state index contributed by atoms with van der Waals surface area (Å²) < 4.78 is 0. The van der Waals surface area contributed by atoms with Gasteiger partial charge in [-0.3, -0.25) is 4.79 Å². The van der Waals surface area contributed by atoms with E-state index >= 15 is 0 Å². The number of rotatable bonds is 3. The Labute approximate surface area is 135 Å². The summed E-state index contributed by atoms with van der Waals surface area (Å²) in [6.07, 6.45) is 0.905. The summed E-state index contributed by atoms with van der Waals surface area (Å²) in [5.74, 6) is -0.806. The zero-order chi connectivity index (χ0) is 17.0. The van der Waals surface area contributed by atoms with Crippen LogP contribution in [0.4, 0.5) is 4.79 Å². The second kappa shape index (κ2) is 6.69. The number of carboxylic acids is 1. The second-order valence-electron chi connectivity index (χ2n) is 6.26. The zero-order valence-electron chi connectivity index (χ0n) is 13.4. The molecule has 0 spiro atoms. The van der Waals surface area contributed by atoms with Gasteiger partial charge in [-0.05, 0) is 44.4 Å². The molecule has 1 heterocycles. The molecule has 1 atom stereocenters. The zero-order valence-corrected chi connectivity index (χ0v) is 13.4. The first-order valence-corrected chi connectivity index (χ1v) is 7.64. The van der Waals surface area contributed by atoms with Gasteiger partial charge in [0.05, 0.1) is 23.1 Å². The van der Waals surface area contributed by atoms with Crippen LogP contribution in [0.25, 0.3) is 0 Å². The molecule has 0 aliphatic carbocycles. The van der Waals surface area contributed by atoms with E-state index in [9.17, 15) is 14.7 Å². The van der Waals surface area contributed by atoms with Crippen molar-refractivity contribution in [1.82, 2.24) is 10.2 Å². The molecule has 2 N–H and O–H groups in total. The van der Waals surface area contributed by atoms with Crippen molar-refractivity contribution in [3.8, 4) is 6.07 Å². The molecule has 122 valence electrons. The van der Waals surface area contributed by atoms with Gasteiger partial charge < -0.3 is 15.3 Å². The third kappa shape index (κ3) is 3.81. The van der Waals surface area contributed by atoms with Crippen LogP contribution in [0.3, 0.4) is 0 Å². The topological polar surface area (TPSA) is 93.4 Å². The number of benzene rings is 1. The number of aliphatic carboxylic acids is 1. The summed E-state index contributed by atoms with van der Waals surface area (Å²) in [6.45, 7) is 4.44. The molecule has 1 saturated heterocycles. The van der Waals surface area contributed by atoms with Crippen molar-refractivity contribution in [2.75, 3.05) is 13.1 Å². The quantitative estimate of drug-likeness (QED) is 0.896. The molecule has 0 bridgehead atoms. The van der Waals surface area contributed by atoms with E-state index in [2.05, 4.69) is 11.4 Å². The van der Waals surface area contributed by atoms with Gasteiger partial charge in [0.1, 0.15) is 0 Å². The normalized spacial score (nSPS) is 17.9. The average molecular weight is 315 g/mol. The van der Waals surface area contributed by atoms with Gasteiger partial charge in [0.15, 0.2) is 0 Å². The van der Waals surface area contributed by atoms with E-state index in [1.807, 2.05) is 13.0 Å². The molecule has 1 aliphatic rings. The molecule has 1 aromatic rings. The number of nitriles is 1. The van der Waals surface area contributed by atoms with E-state index in [1.54, 1.807) is 30.0 Å². The van der Waals surface area contributed by atoms with E-state index in [0.29, 0.717) is 31.5 Å². The molecule has 6 heteroatoms. The van der Waals surface area contributed by atoms with E-state index < -0.39 is 11.4 Å². The molecular weight excluding hydrogens is 294 g/mol. The number of nitrogens with zero attached hydrogens (tertiary/aromatic N) is 2. The summed E-state index contributed by atoms with van der Waals surface area (Å²) >= 11 is 0. The molecule has 1 fully saturated rings. The van der Waals surface area contributed by atoms with Crippen molar-refractivity contribution in [2.24, 2.45) is 5.41 Å². The fourth-order valence-electron chi connectivity index (χ4n) is 2.65. The number of carboxylic acid groups (broad SMARTS) is 1. The van der Waals surface area contributed by atoms with Gasteiger partial charge in [0, 0.05) is 13.1 Å². The minimum absolute atomic E-state index is 0.202. The lowest BCUT2D eigenvalue weighted by Gasteiger charge is -2.36. The molecule has 6 nitrogen and oxygen atoms in total. The second-order valence-corrected chi connectivity index (χ2v) is 6.26. The van der Waals surface area contributed by atoms with E-state index in [-0.39, 0.29) is 12.1 Å². The highest BCUT2D eigenvalue weighted by atomic mass is 16.4. The fraction of sp³-hybridized carbons (Fsp3) is 0.471. The third-order valence-corrected chi connectivity index (χ3v) is 4.53. The Balaban J connectivity index is 1.95. The maximum Gasteiger partial charge on any atom is 0.317 e. The van der Waals surface area contributed by atoms with E-state index in [4.69, 9.17) is 5.26 Å². The predicted octanol–water partition coefficient (Wildman–Crippen LogP) is 2.52. The largest absolute Gasteiger partial charge is 0.481 e. The SMILES string of the molecule is CC(NC(=O)N1CCC(C)(C(=O)O)CC1)c1cccc(C#N)c1. The Morgan fingerprint density at radius 1 is 1.39 bits per heavy atom. The van der Waals surface area contributed by atoms with Crippen molar-refractivity contribution in [3.05, 3.63) is 35.4 Å².